The number of piperazine rings is 1. The van der Waals surface area contributed by atoms with E-state index in [1.54, 1.807) is 7.11 Å². The number of amides is 1. The van der Waals surface area contributed by atoms with E-state index in [2.05, 4.69) is 24.0 Å². The third-order valence-corrected chi connectivity index (χ3v) is 4.81. The molecule has 1 heterocycles. The van der Waals surface area contributed by atoms with Crippen LogP contribution in [0.25, 0.3) is 0 Å². The van der Waals surface area contributed by atoms with Crippen LogP contribution >= 0.6 is 0 Å². The maximum absolute atomic E-state index is 12.3. The van der Waals surface area contributed by atoms with Crippen molar-refractivity contribution in [1.82, 2.24) is 4.90 Å². The molecule has 0 aliphatic carbocycles. The van der Waals surface area contributed by atoms with Crippen molar-refractivity contribution in [3.63, 3.8) is 0 Å². The van der Waals surface area contributed by atoms with Gasteiger partial charge in [0.15, 0.2) is 0 Å². The third-order valence-electron chi connectivity index (χ3n) is 4.81. The fourth-order valence-corrected chi connectivity index (χ4v) is 3.22. The van der Waals surface area contributed by atoms with E-state index in [1.807, 2.05) is 17.0 Å². The Hall–Kier alpha value is -1.71. The molecule has 2 rings (SSSR count). The van der Waals surface area contributed by atoms with Crippen molar-refractivity contribution < 1.29 is 9.53 Å². The van der Waals surface area contributed by atoms with Crippen molar-refractivity contribution in [2.24, 2.45) is 0 Å². The van der Waals surface area contributed by atoms with Crippen LogP contribution in [0.15, 0.2) is 24.3 Å². The fourth-order valence-electron chi connectivity index (χ4n) is 3.22. The van der Waals surface area contributed by atoms with Gasteiger partial charge in [0.25, 0.3) is 0 Å². The lowest BCUT2D eigenvalue weighted by Crippen LogP contribution is -2.48. The zero-order valence-corrected chi connectivity index (χ0v) is 15.3. The van der Waals surface area contributed by atoms with Crippen LogP contribution in [0.2, 0.25) is 0 Å². The van der Waals surface area contributed by atoms with Gasteiger partial charge in [-0.1, -0.05) is 39.0 Å². The molecule has 1 saturated heterocycles. The van der Waals surface area contributed by atoms with Gasteiger partial charge in [0.2, 0.25) is 5.91 Å². The normalized spacial score (nSPS) is 14.8. The average Bonchev–Trinajstić information content (AvgIpc) is 2.64. The molecule has 134 valence electrons. The van der Waals surface area contributed by atoms with E-state index in [0.717, 1.165) is 38.3 Å². The molecule has 1 fully saturated rings. The highest BCUT2D eigenvalue weighted by atomic mass is 16.5. The molecule has 0 unspecified atom stereocenters. The standard InChI is InChI=1S/C20H32N2O2/c1-3-4-5-6-7-8-9-20(23)22-16-14-21(15-17-22)18-10-12-19(24-2)13-11-18/h10-13H,3-9,14-17H2,1-2H3. The van der Waals surface area contributed by atoms with E-state index < -0.39 is 0 Å². The molecule has 0 aromatic heterocycles. The average molecular weight is 332 g/mol. The van der Waals surface area contributed by atoms with Gasteiger partial charge >= 0.3 is 0 Å². The molecular formula is C20H32N2O2. The summed E-state index contributed by atoms with van der Waals surface area (Å²) in [5.74, 6) is 1.21. The SMILES string of the molecule is CCCCCCCCC(=O)N1CCN(c2ccc(OC)cc2)CC1. The molecule has 0 saturated carbocycles. The van der Waals surface area contributed by atoms with Crippen LogP contribution in [-0.2, 0) is 4.79 Å². The highest BCUT2D eigenvalue weighted by Crippen LogP contribution is 2.20. The van der Waals surface area contributed by atoms with Crippen LogP contribution in [0.3, 0.4) is 0 Å². The summed E-state index contributed by atoms with van der Waals surface area (Å²) in [4.78, 5) is 16.7. The molecule has 0 atom stereocenters. The molecule has 0 bridgehead atoms. The second kappa shape index (κ2) is 10.2. The molecule has 4 heteroatoms. The number of ether oxygens (including phenoxy) is 1. The highest BCUT2D eigenvalue weighted by molar-refractivity contribution is 5.76. The number of hydrogen-bond acceptors (Lipinski definition) is 3. The number of nitrogens with zero attached hydrogens (tertiary/aromatic N) is 2. The van der Waals surface area contributed by atoms with Crippen LogP contribution in [0.5, 0.6) is 5.75 Å². The van der Waals surface area contributed by atoms with Crippen LogP contribution in [0.4, 0.5) is 5.69 Å². The van der Waals surface area contributed by atoms with Gasteiger partial charge in [0.1, 0.15) is 5.75 Å². The first-order valence-corrected chi connectivity index (χ1v) is 9.41. The summed E-state index contributed by atoms with van der Waals surface area (Å²) in [6, 6.07) is 8.16. The van der Waals surface area contributed by atoms with Crippen LogP contribution in [-0.4, -0.2) is 44.1 Å². The van der Waals surface area contributed by atoms with Gasteiger partial charge in [-0.15, -0.1) is 0 Å². The van der Waals surface area contributed by atoms with E-state index >= 15 is 0 Å². The first-order valence-electron chi connectivity index (χ1n) is 9.41. The van der Waals surface area contributed by atoms with Gasteiger partial charge < -0.3 is 14.5 Å². The molecule has 1 aromatic rings. The van der Waals surface area contributed by atoms with Gasteiger partial charge in [-0.2, -0.15) is 0 Å². The Morgan fingerprint density at radius 1 is 0.958 bits per heavy atom. The van der Waals surface area contributed by atoms with Gasteiger partial charge in [0, 0.05) is 38.3 Å². The summed E-state index contributed by atoms with van der Waals surface area (Å²) >= 11 is 0. The first-order chi connectivity index (χ1) is 11.7. The van der Waals surface area contributed by atoms with Crippen molar-refractivity contribution in [3.8, 4) is 5.75 Å². The molecule has 4 nitrogen and oxygen atoms in total. The minimum atomic E-state index is 0.333. The van der Waals surface area contributed by atoms with Crippen LogP contribution in [0, 0.1) is 0 Å². The Balaban J connectivity index is 1.67. The summed E-state index contributed by atoms with van der Waals surface area (Å²) in [7, 11) is 1.68. The largest absolute Gasteiger partial charge is 0.497 e. The summed E-state index contributed by atoms with van der Waals surface area (Å²) in [5.41, 5.74) is 1.21. The third kappa shape index (κ3) is 5.73. The number of hydrogen-bond donors (Lipinski definition) is 0. The number of carbonyl (C=O) groups excluding carboxylic acids is 1. The first kappa shape index (κ1) is 18.6. The van der Waals surface area contributed by atoms with Gasteiger partial charge in [-0.3, -0.25) is 4.79 Å². The molecule has 24 heavy (non-hydrogen) atoms. The Morgan fingerprint density at radius 3 is 2.21 bits per heavy atom. The van der Waals surface area contributed by atoms with Crippen molar-refractivity contribution >= 4 is 11.6 Å². The Labute approximate surface area is 146 Å². The highest BCUT2D eigenvalue weighted by Gasteiger charge is 2.20. The van der Waals surface area contributed by atoms with E-state index in [0.29, 0.717) is 12.3 Å². The van der Waals surface area contributed by atoms with Gasteiger partial charge in [-0.25, -0.2) is 0 Å². The Bertz CT molecular complexity index is 479. The second-order valence-electron chi connectivity index (χ2n) is 6.58. The Kier molecular flexibility index (Phi) is 7.93. The maximum Gasteiger partial charge on any atom is 0.222 e. The van der Waals surface area contributed by atoms with Crippen LogP contribution in [0.1, 0.15) is 51.9 Å². The molecule has 1 amide bonds. The number of rotatable bonds is 9. The van der Waals surface area contributed by atoms with Crippen LogP contribution < -0.4 is 9.64 Å². The number of benzene rings is 1. The predicted molar refractivity (Wildman–Crippen MR) is 99.8 cm³/mol. The zero-order chi connectivity index (χ0) is 17.2. The van der Waals surface area contributed by atoms with Crippen molar-refractivity contribution in [2.45, 2.75) is 51.9 Å². The maximum atomic E-state index is 12.3. The zero-order valence-electron chi connectivity index (χ0n) is 15.3. The minimum absolute atomic E-state index is 0.333. The lowest BCUT2D eigenvalue weighted by Gasteiger charge is -2.36. The number of methoxy groups -OCH3 is 1. The number of carbonyl (C=O) groups is 1. The number of unbranched alkanes of at least 4 members (excludes halogenated alkanes) is 5. The van der Waals surface area contributed by atoms with Crippen molar-refractivity contribution in [2.75, 3.05) is 38.2 Å². The molecular weight excluding hydrogens is 300 g/mol. The minimum Gasteiger partial charge on any atom is -0.497 e. The smallest absolute Gasteiger partial charge is 0.222 e. The molecule has 0 spiro atoms. The predicted octanol–water partition coefficient (Wildman–Crippen LogP) is 4.09. The summed E-state index contributed by atoms with van der Waals surface area (Å²) in [6.45, 7) is 5.72. The molecule has 0 radical (unpaired) electrons. The molecule has 0 N–H and O–H groups in total. The molecule has 1 aliphatic rings. The van der Waals surface area contributed by atoms with Gasteiger partial charge in [0.05, 0.1) is 7.11 Å². The second-order valence-corrected chi connectivity index (χ2v) is 6.58. The molecule has 1 aliphatic heterocycles. The topological polar surface area (TPSA) is 32.8 Å². The van der Waals surface area contributed by atoms with E-state index in [9.17, 15) is 4.79 Å². The fraction of sp³-hybridized carbons (Fsp3) is 0.650. The monoisotopic (exact) mass is 332 g/mol. The van der Waals surface area contributed by atoms with Crippen molar-refractivity contribution in [1.29, 1.82) is 0 Å². The lowest BCUT2D eigenvalue weighted by molar-refractivity contribution is -0.131. The van der Waals surface area contributed by atoms with E-state index in [1.165, 1.54) is 37.8 Å². The summed E-state index contributed by atoms with van der Waals surface area (Å²) in [5, 5.41) is 0. The quantitative estimate of drug-likeness (QED) is 0.638. The summed E-state index contributed by atoms with van der Waals surface area (Å²) < 4.78 is 5.20. The van der Waals surface area contributed by atoms with Gasteiger partial charge in [-0.05, 0) is 30.7 Å². The molecule has 1 aromatic carbocycles. The van der Waals surface area contributed by atoms with Crippen molar-refractivity contribution in [3.05, 3.63) is 24.3 Å². The van der Waals surface area contributed by atoms with E-state index in [4.69, 9.17) is 4.74 Å². The summed E-state index contributed by atoms with van der Waals surface area (Å²) in [6.07, 6.45) is 8.13. The number of anilines is 1. The Morgan fingerprint density at radius 2 is 1.58 bits per heavy atom. The lowest BCUT2D eigenvalue weighted by atomic mass is 10.1. The van der Waals surface area contributed by atoms with E-state index in [-0.39, 0.29) is 0 Å².